The van der Waals surface area contributed by atoms with E-state index in [1.807, 2.05) is 26.0 Å². The van der Waals surface area contributed by atoms with Crippen LogP contribution in [0.3, 0.4) is 0 Å². The number of benzene rings is 1. The van der Waals surface area contributed by atoms with Gasteiger partial charge in [0.1, 0.15) is 0 Å². The first-order valence-corrected chi connectivity index (χ1v) is 8.73. The number of rotatable bonds is 2. The Labute approximate surface area is 121 Å². The van der Waals surface area contributed by atoms with Gasteiger partial charge in [0.05, 0.1) is 4.90 Å². The van der Waals surface area contributed by atoms with Crippen LogP contribution in [0.5, 0.6) is 0 Å². The molecule has 110 valence electrons. The molecule has 2 fully saturated rings. The number of aryl methyl sites for hydroxylation is 2. The van der Waals surface area contributed by atoms with E-state index in [1.165, 1.54) is 0 Å². The lowest BCUT2D eigenvalue weighted by atomic mass is 9.94. The molecule has 0 spiro atoms. The summed E-state index contributed by atoms with van der Waals surface area (Å²) in [6, 6.07) is 5.98. The largest absolute Gasteiger partial charge is 0.312 e. The van der Waals surface area contributed by atoms with Crippen molar-refractivity contribution in [1.29, 1.82) is 0 Å². The molecule has 2 aliphatic rings. The zero-order valence-corrected chi connectivity index (χ0v) is 12.9. The van der Waals surface area contributed by atoms with Crippen LogP contribution in [0.15, 0.2) is 23.1 Å². The van der Waals surface area contributed by atoms with Gasteiger partial charge in [0.25, 0.3) is 0 Å². The minimum atomic E-state index is -3.36. The second-order valence-electron chi connectivity index (χ2n) is 6.05. The highest BCUT2D eigenvalue weighted by Gasteiger charge is 2.40. The lowest BCUT2D eigenvalue weighted by Crippen LogP contribution is -2.41. The molecular formula is C15H22N2O2S. The molecule has 2 atom stereocenters. The minimum Gasteiger partial charge on any atom is -0.312 e. The van der Waals surface area contributed by atoms with E-state index in [0.717, 1.165) is 30.5 Å². The van der Waals surface area contributed by atoms with Crippen molar-refractivity contribution in [2.75, 3.05) is 19.6 Å². The lowest BCUT2D eigenvalue weighted by Gasteiger charge is -2.24. The van der Waals surface area contributed by atoms with Crippen molar-refractivity contribution >= 4 is 10.0 Å². The van der Waals surface area contributed by atoms with Crippen molar-refractivity contribution in [3.63, 3.8) is 0 Å². The van der Waals surface area contributed by atoms with Gasteiger partial charge in [0.2, 0.25) is 10.0 Å². The smallest absolute Gasteiger partial charge is 0.243 e. The Morgan fingerprint density at radius 1 is 1.25 bits per heavy atom. The normalized spacial score (nSPS) is 27.5. The van der Waals surface area contributed by atoms with E-state index < -0.39 is 10.0 Å². The maximum Gasteiger partial charge on any atom is 0.243 e. The first-order valence-electron chi connectivity index (χ1n) is 7.29. The van der Waals surface area contributed by atoms with E-state index in [1.54, 1.807) is 10.4 Å². The van der Waals surface area contributed by atoms with Gasteiger partial charge < -0.3 is 5.32 Å². The van der Waals surface area contributed by atoms with Gasteiger partial charge in [-0.15, -0.1) is 0 Å². The average Bonchev–Trinajstić information content (AvgIpc) is 2.86. The monoisotopic (exact) mass is 294 g/mol. The van der Waals surface area contributed by atoms with Crippen molar-refractivity contribution in [3.05, 3.63) is 29.3 Å². The van der Waals surface area contributed by atoms with Crippen LogP contribution < -0.4 is 5.32 Å². The molecule has 20 heavy (non-hydrogen) atoms. The van der Waals surface area contributed by atoms with Gasteiger partial charge in [-0.25, -0.2) is 8.42 Å². The van der Waals surface area contributed by atoms with Crippen LogP contribution in [0.4, 0.5) is 0 Å². The Morgan fingerprint density at radius 3 is 2.80 bits per heavy atom. The predicted octanol–water partition coefficient (Wildman–Crippen LogP) is 1.68. The summed E-state index contributed by atoms with van der Waals surface area (Å²) < 4.78 is 27.4. The Hall–Kier alpha value is -0.910. The number of fused-ring (bicyclic) bond motifs is 1. The standard InChI is InChI=1S/C15H22N2O2S/c1-11-5-6-12(2)15(8-11)20(18,19)17-9-13-4-3-7-16-14(13)10-17/h5-6,8,13-14,16H,3-4,7,9-10H2,1-2H3. The average molecular weight is 294 g/mol. The van der Waals surface area contributed by atoms with Crippen molar-refractivity contribution in [1.82, 2.24) is 9.62 Å². The summed E-state index contributed by atoms with van der Waals surface area (Å²) >= 11 is 0. The molecule has 2 saturated heterocycles. The first-order chi connectivity index (χ1) is 9.48. The zero-order chi connectivity index (χ0) is 14.3. The Bertz CT molecular complexity index is 598. The maximum atomic E-state index is 12.8. The topological polar surface area (TPSA) is 49.4 Å². The van der Waals surface area contributed by atoms with Crippen LogP contribution in [-0.4, -0.2) is 38.4 Å². The molecule has 1 aromatic carbocycles. The van der Waals surface area contributed by atoms with Gasteiger partial charge in [-0.05, 0) is 56.3 Å². The molecule has 1 N–H and O–H groups in total. The second kappa shape index (κ2) is 5.13. The van der Waals surface area contributed by atoms with Crippen LogP contribution in [0, 0.1) is 19.8 Å². The third-order valence-electron chi connectivity index (χ3n) is 4.53. The highest BCUT2D eigenvalue weighted by Crippen LogP contribution is 2.30. The van der Waals surface area contributed by atoms with Crippen molar-refractivity contribution < 1.29 is 8.42 Å². The number of nitrogens with one attached hydrogen (secondary N) is 1. The van der Waals surface area contributed by atoms with Crippen LogP contribution in [0.1, 0.15) is 24.0 Å². The fourth-order valence-electron chi connectivity index (χ4n) is 3.33. The molecule has 5 heteroatoms. The Kier molecular flexibility index (Phi) is 3.60. The number of hydrogen-bond donors (Lipinski definition) is 1. The van der Waals surface area contributed by atoms with Crippen LogP contribution in [0.2, 0.25) is 0 Å². The molecular weight excluding hydrogens is 272 g/mol. The molecule has 2 unspecified atom stereocenters. The lowest BCUT2D eigenvalue weighted by molar-refractivity contribution is 0.339. The van der Waals surface area contributed by atoms with E-state index >= 15 is 0 Å². The number of nitrogens with zero attached hydrogens (tertiary/aromatic N) is 1. The molecule has 1 aromatic rings. The summed E-state index contributed by atoms with van der Waals surface area (Å²) in [6.45, 7) is 6.09. The predicted molar refractivity (Wildman–Crippen MR) is 79.2 cm³/mol. The van der Waals surface area contributed by atoms with Gasteiger partial charge in [-0.3, -0.25) is 0 Å². The molecule has 2 heterocycles. The summed E-state index contributed by atoms with van der Waals surface area (Å²) in [6.07, 6.45) is 2.29. The second-order valence-corrected chi connectivity index (χ2v) is 7.96. The molecule has 0 radical (unpaired) electrons. The van der Waals surface area contributed by atoms with Crippen LogP contribution in [0.25, 0.3) is 0 Å². The maximum absolute atomic E-state index is 12.8. The molecule has 0 aromatic heterocycles. The van der Waals surface area contributed by atoms with E-state index in [-0.39, 0.29) is 0 Å². The fourth-order valence-corrected chi connectivity index (χ4v) is 5.16. The SMILES string of the molecule is Cc1ccc(C)c(S(=O)(=O)N2CC3CCCNC3C2)c1. The van der Waals surface area contributed by atoms with Crippen LogP contribution >= 0.6 is 0 Å². The number of sulfonamides is 1. The van der Waals surface area contributed by atoms with E-state index in [2.05, 4.69) is 5.32 Å². The number of hydrogen-bond acceptors (Lipinski definition) is 3. The van der Waals surface area contributed by atoms with Crippen molar-refractivity contribution in [2.45, 2.75) is 37.6 Å². The van der Waals surface area contributed by atoms with Crippen LogP contribution in [-0.2, 0) is 10.0 Å². The number of piperidine rings is 1. The van der Waals surface area contributed by atoms with E-state index in [0.29, 0.717) is 29.9 Å². The fraction of sp³-hybridized carbons (Fsp3) is 0.600. The molecule has 0 amide bonds. The Morgan fingerprint density at radius 2 is 2.05 bits per heavy atom. The van der Waals surface area contributed by atoms with Gasteiger partial charge in [0, 0.05) is 19.1 Å². The summed E-state index contributed by atoms with van der Waals surface area (Å²) in [5, 5.41) is 3.45. The van der Waals surface area contributed by atoms with Gasteiger partial charge in [-0.2, -0.15) is 4.31 Å². The summed E-state index contributed by atoms with van der Waals surface area (Å²) in [7, 11) is -3.36. The van der Waals surface area contributed by atoms with Gasteiger partial charge in [0.15, 0.2) is 0 Å². The highest BCUT2D eigenvalue weighted by molar-refractivity contribution is 7.89. The minimum absolute atomic E-state index is 0.337. The van der Waals surface area contributed by atoms with E-state index in [4.69, 9.17) is 0 Å². The quantitative estimate of drug-likeness (QED) is 0.903. The zero-order valence-electron chi connectivity index (χ0n) is 12.1. The summed E-state index contributed by atoms with van der Waals surface area (Å²) in [5.41, 5.74) is 1.82. The Balaban J connectivity index is 1.91. The van der Waals surface area contributed by atoms with Gasteiger partial charge >= 0.3 is 0 Å². The summed E-state index contributed by atoms with van der Waals surface area (Å²) in [4.78, 5) is 0.469. The molecule has 3 rings (SSSR count). The summed E-state index contributed by atoms with van der Waals surface area (Å²) in [5.74, 6) is 0.476. The molecule has 2 aliphatic heterocycles. The van der Waals surface area contributed by atoms with Crippen molar-refractivity contribution in [2.24, 2.45) is 5.92 Å². The van der Waals surface area contributed by atoms with Gasteiger partial charge in [-0.1, -0.05) is 12.1 Å². The van der Waals surface area contributed by atoms with Crippen molar-refractivity contribution in [3.8, 4) is 0 Å². The first kappa shape index (κ1) is 14.0. The molecule has 0 aliphatic carbocycles. The third-order valence-corrected chi connectivity index (χ3v) is 6.50. The molecule has 0 bridgehead atoms. The third kappa shape index (κ3) is 2.38. The molecule has 4 nitrogen and oxygen atoms in total. The highest BCUT2D eigenvalue weighted by atomic mass is 32.2. The molecule has 0 saturated carbocycles. The van der Waals surface area contributed by atoms with E-state index in [9.17, 15) is 8.42 Å².